The molecule has 2 heteroatoms. The van der Waals surface area contributed by atoms with Crippen LogP contribution in [0.25, 0.3) is 0 Å². The molecule has 3 rings (SSSR count). The standard InChI is InChI=1S/C26H36F2/c1-3-5-20-9-14-23(15-10-20)24-16-11-21(12-17-24)7-8-22-13-18-25(6-4-2)26(27,28)19-22/h9-10,14-15,21-22,24-25H,3-6,11-13,16-19H2,1-2H3. The summed E-state index contributed by atoms with van der Waals surface area (Å²) in [4.78, 5) is 0. The van der Waals surface area contributed by atoms with E-state index in [-0.39, 0.29) is 12.3 Å². The number of rotatable bonds is 5. The van der Waals surface area contributed by atoms with E-state index in [4.69, 9.17) is 0 Å². The Labute approximate surface area is 170 Å². The summed E-state index contributed by atoms with van der Waals surface area (Å²) < 4.78 is 28.6. The van der Waals surface area contributed by atoms with Gasteiger partial charge in [-0.1, -0.05) is 62.8 Å². The highest BCUT2D eigenvalue weighted by molar-refractivity contribution is 5.26. The second-order valence-corrected chi connectivity index (χ2v) is 9.05. The van der Waals surface area contributed by atoms with Gasteiger partial charge in [0.25, 0.3) is 5.92 Å². The third kappa shape index (κ3) is 5.59. The fourth-order valence-electron chi connectivity index (χ4n) is 5.09. The molecular weight excluding hydrogens is 350 g/mol. The zero-order valence-corrected chi connectivity index (χ0v) is 17.7. The van der Waals surface area contributed by atoms with Crippen molar-refractivity contribution >= 4 is 0 Å². The van der Waals surface area contributed by atoms with Crippen LogP contribution >= 0.6 is 0 Å². The topological polar surface area (TPSA) is 0 Å². The van der Waals surface area contributed by atoms with Crippen LogP contribution in [0, 0.1) is 29.6 Å². The third-order valence-corrected chi connectivity index (χ3v) is 6.83. The Kier molecular flexibility index (Phi) is 7.55. The van der Waals surface area contributed by atoms with Crippen molar-refractivity contribution in [3.8, 4) is 11.8 Å². The maximum absolute atomic E-state index is 14.3. The van der Waals surface area contributed by atoms with Crippen molar-refractivity contribution in [2.75, 3.05) is 0 Å². The molecule has 2 aliphatic rings. The van der Waals surface area contributed by atoms with Crippen molar-refractivity contribution in [2.24, 2.45) is 17.8 Å². The zero-order chi connectivity index (χ0) is 20.0. The molecule has 0 amide bonds. The first-order valence-electron chi connectivity index (χ1n) is 11.5. The molecular formula is C26H36F2. The van der Waals surface area contributed by atoms with Gasteiger partial charge in [0.1, 0.15) is 0 Å². The van der Waals surface area contributed by atoms with Gasteiger partial charge in [-0.15, -0.1) is 0 Å². The predicted octanol–water partition coefficient (Wildman–Crippen LogP) is 7.77. The minimum absolute atomic E-state index is 0.0237. The van der Waals surface area contributed by atoms with Crippen LogP contribution in [0.1, 0.15) is 95.1 Å². The highest BCUT2D eigenvalue weighted by Gasteiger charge is 2.43. The summed E-state index contributed by atoms with van der Waals surface area (Å²) in [6.07, 6.45) is 9.87. The molecule has 0 aliphatic heterocycles. The molecule has 0 N–H and O–H groups in total. The van der Waals surface area contributed by atoms with Crippen molar-refractivity contribution in [3.05, 3.63) is 35.4 Å². The molecule has 0 bridgehead atoms. The van der Waals surface area contributed by atoms with E-state index in [1.165, 1.54) is 30.4 Å². The molecule has 2 fully saturated rings. The molecule has 1 aromatic carbocycles. The number of hydrogen-bond acceptors (Lipinski definition) is 0. The summed E-state index contributed by atoms with van der Waals surface area (Å²) in [6.45, 7) is 4.21. The maximum atomic E-state index is 14.3. The first kappa shape index (κ1) is 21.4. The summed E-state index contributed by atoms with van der Waals surface area (Å²) in [5.74, 6) is 4.64. The van der Waals surface area contributed by atoms with E-state index in [1.54, 1.807) is 0 Å². The minimum Gasteiger partial charge on any atom is -0.207 e. The fourth-order valence-corrected chi connectivity index (χ4v) is 5.09. The van der Waals surface area contributed by atoms with Crippen LogP contribution in [-0.2, 0) is 6.42 Å². The summed E-state index contributed by atoms with van der Waals surface area (Å²) >= 11 is 0. The molecule has 1 aromatic rings. The average molecular weight is 387 g/mol. The van der Waals surface area contributed by atoms with Crippen LogP contribution in [0.4, 0.5) is 8.78 Å². The number of halogens is 2. The number of hydrogen-bond donors (Lipinski definition) is 0. The Bertz CT molecular complexity index is 656. The molecule has 2 unspecified atom stereocenters. The van der Waals surface area contributed by atoms with E-state index in [2.05, 4.69) is 43.0 Å². The normalized spacial score (nSPS) is 29.7. The maximum Gasteiger partial charge on any atom is 0.252 e. The van der Waals surface area contributed by atoms with Crippen LogP contribution in [0.5, 0.6) is 0 Å². The first-order valence-corrected chi connectivity index (χ1v) is 11.5. The van der Waals surface area contributed by atoms with E-state index in [0.29, 0.717) is 24.7 Å². The van der Waals surface area contributed by atoms with Gasteiger partial charge < -0.3 is 0 Å². The Morgan fingerprint density at radius 1 is 0.857 bits per heavy atom. The van der Waals surface area contributed by atoms with Gasteiger partial charge in [-0.05, 0) is 68.4 Å². The Morgan fingerprint density at radius 2 is 1.50 bits per heavy atom. The van der Waals surface area contributed by atoms with Crippen LogP contribution in [0.2, 0.25) is 0 Å². The summed E-state index contributed by atoms with van der Waals surface area (Å²) in [7, 11) is 0. The Hall–Kier alpha value is -1.36. The monoisotopic (exact) mass is 386 g/mol. The highest BCUT2D eigenvalue weighted by Crippen LogP contribution is 2.43. The molecule has 0 saturated heterocycles. The Balaban J connectivity index is 1.48. The SMILES string of the molecule is CCCc1ccc(C2CCC(C#CC3CCC(CCC)C(F)(F)C3)CC2)cc1. The lowest BCUT2D eigenvalue weighted by molar-refractivity contribution is -0.0975. The van der Waals surface area contributed by atoms with Crippen LogP contribution in [0.3, 0.4) is 0 Å². The quantitative estimate of drug-likeness (QED) is 0.453. The van der Waals surface area contributed by atoms with Gasteiger partial charge in [-0.3, -0.25) is 0 Å². The third-order valence-electron chi connectivity index (χ3n) is 6.83. The molecule has 2 aliphatic carbocycles. The summed E-state index contributed by atoms with van der Waals surface area (Å²) in [5, 5.41) is 0. The smallest absolute Gasteiger partial charge is 0.207 e. The predicted molar refractivity (Wildman–Crippen MR) is 114 cm³/mol. The second kappa shape index (κ2) is 9.91. The number of alkyl halides is 2. The van der Waals surface area contributed by atoms with Gasteiger partial charge >= 0.3 is 0 Å². The van der Waals surface area contributed by atoms with Gasteiger partial charge in [0, 0.05) is 24.2 Å². The molecule has 0 aromatic heterocycles. The van der Waals surface area contributed by atoms with E-state index in [0.717, 1.165) is 32.1 Å². The molecule has 2 saturated carbocycles. The molecule has 0 spiro atoms. The van der Waals surface area contributed by atoms with Gasteiger partial charge in [-0.25, -0.2) is 8.78 Å². The Morgan fingerprint density at radius 3 is 2.11 bits per heavy atom. The van der Waals surface area contributed by atoms with Gasteiger partial charge in [0.15, 0.2) is 0 Å². The van der Waals surface area contributed by atoms with Crippen molar-refractivity contribution in [1.82, 2.24) is 0 Å². The van der Waals surface area contributed by atoms with Gasteiger partial charge in [-0.2, -0.15) is 0 Å². The lowest BCUT2D eigenvalue weighted by Crippen LogP contribution is -2.35. The van der Waals surface area contributed by atoms with Gasteiger partial charge in [0.05, 0.1) is 0 Å². The lowest BCUT2D eigenvalue weighted by atomic mass is 9.76. The number of benzene rings is 1. The van der Waals surface area contributed by atoms with E-state index >= 15 is 0 Å². The molecule has 2 atom stereocenters. The van der Waals surface area contributed by atoms with E-state index < -0.39 is 11.8 Å². The average Bonchev–Trinajstić information content (AvgIpc) is 2.69. The van der Waals surface area contributed by atoms with Crippen molar-refractivity contribution in [3.63, 3.8) is 0 Å². The van der Waals surface area contributed by atoms with Gasteiger partial charge in [0.2, 0.25) is 0 Å². The molecule has 0 heterocycles. The first-order chi connectivity index (χ1) is 13.5. The van der Waals surface area contributed by atoms with E-state index in [1.807, 2.05) is 6.92 Å². The fraction of sp³-hybridized carbons (Fsp3) is 0.692. The lowest BCUT2D eigenvalue weighted by Gasteiger charge is -2.34. The van der Waals surface area contributed by atoms with Crippen molar-refractivity contribution in [2.45, 2.75) is 96.3 Å². The van der Waals surface area contributed by atoms with E-state index in [9.17, 15) is 8.78 Å². The number of aryl methyl sites for hydroxylation is 1. The minimum atomic E-state index is -2.52. The van der Waals surface area contributed by atoms with Crippen molar-refractivity contribution < 1.29 is 8.78 Å². The summed E-state index contributed by atoms with van der Waals surface area (Å²) in [5.41, 5.74) is 2.89. The molecule has 28 heavy (non-hydrogen) atoms. The largest absolute Gasteiger partial charge is 0.252 e. The molecule has 154 valence electrons. The van der Waals surface area contributed by atoms with Crippen LogP contribution in [-0.4, -0.2) is 5.92 Å². The molecule has 0 radical (unpaired) electrons. The van der Waals surface area contributed by atoms with Crippen molar-refractivity contribution in [1.29, 1.82) is 0 Å². The highest BCUT2D eigenvalue weighted by atomic mass is 19.3. The van der Waals surface area contributed by atoms with Crippen LogP contribution in [0.15, 0.2) is 24.3 Å². The second-order valence-electron chi connectivity index (χ2n) is 9.05. The molecule has 0 nitrogen and oxygen atoms in total. The summed E-state index contributed by atoms with van der Waals surface area (Å²) in [6, 6.07) is 9.16. The zero-order valence-electron chi connectivity index (χ0n) is 17.7. The van der Waals surface area contributed by atoms with Crippen LogP contribution < -0.4 is 0 Å².